The lowest BCUT2D eigenvalue weighted by molar-refractivity contribution is 0.258. The van der Waals surface area contributed by atoms with Gasteiger partial charge in [-0.25, -0.2) is 8.42 Å². The van der Waals surface area contributed by atoms with Crippen molar-refractivity contribution in [1.29, 1.82) is 0 Å². The number of para-hydroxylation sites is 1. The predicted octanol–water partition coefficient (Wildman–Crippen LogP) is 3.59. The van der Waals surface area contributed by atoms with Gasteiger partial charge in [0.15, 0.2) is 0 Å². The van der Waals surface area contributed by atoms with E-state index in [2.05, 4.69) is 20.8 Å². The van der Waals surface area contributed by atoms with Gasteiger partial charge in [-0.2, -0.15) is 0 Å². The first kappa shape index (κ1) is 17.0. The van der Waals surface area contributed by atoms with Gasteiger partial charge in [-0.05, 0) is 35.2 Å². The van der Waals surface area contributed by atoms with Crippen LogP contribution >= 0.6 is 0 Å². The van der Waals surface area contributed by atoms with Gasteiger partial charge in [0, 0.05) is 0 Å². The van der Waals surface area contributed by atoms with E-state index in [1.54, 1.807) is 42.5 Å². The molecule has 0 radical (unpaired) electrons. The lowest BCUT2D eigenvalue weighted by atomic mass is 9.87. The summed E-state index contributed by atoms with van der Waals surface area (Å²) in [4.78, 5) is 0.477. The van der Waals surface area contributed by atoms with Crippen molar-refractivity contribution in [3.8, 4) is 5.75 Å². The molecule has 1 heterocycles. The summed E-state index contributed by atoms with van der Waals surface area (Å²) in [6, 6.07) is 13.9. The number of sulfone groups is 1. The van der Waals surface area contributed by atoms with Gasteiger partial charge in [-0.15, -0.1) is 0 Å². The first-order chi connectivity index (χ1) is 11.3. The Labute approximate surface area is 143 Å². The second-order valence-electron chi connectivity index (χ2n) is 6.99. The van der Waals surface area contributed by atoms with Gasteiger partial charge >= 0.3 is 0 Å². The Morgan fingerprint density at radius 1 is 1.12 bits per heavy atom. The highest BCUT2D eigenvalue weighted by molar-refractivity contribution is 7.91. The Kier molecular flexibility index (Phi) is 4.40. The Morgan fingerprint density at radius 2 is 1.83 bits per heavy atom. The Balaban J connectivity index is 1.99. The summed E-state index contributed by atoms with van der Waals surface area (Å²) in [5.41, 5.74) is 0.860. The van der Waals surface area contributed by atoms with Gasteiger partial charge in [0.05, 0.1) is 11.5 Å². The molecular formula is C19H22O4S. The van der Waals surface area contributed by atoms with Crippen LogP contribution in [0.3, 0.4) is 0 Å². The van der Waals surface area contributed by atoms with E-state index in [-0.39, 0.29) is 21.3 Å². The zero-order chi connectivity index (χ0) is 17.4. The van der Waals surface area contributed by atoms with E-state index in [0.29, 0.717) is 19.0 Å². The van der Waals surface area contributed by atoms with E-state index in [0.717, 1.165) is 5.56 Å². The quantitative estimate of drug-likeness (QED) is 0.776. The Hall–Kier alpha value is -1.85. The average Bonchev–Trinajstić information content (AvgIpc) is 3.37. The molecule has 1 atom stereocenters. The van der Waals surface area contributed by atoms with E-state index in [9.17, 15) is 8.42 Å². The molecule has 0 N–H and O–H groups in total. The lowest BCUT2D eigenvalue weighted by Crippen LogP contribution is -2.13. The molecule has 2 aromatic rings. The van der Waals surface area contributed by atoms with Gasteiger partial charge in [0.1, 0.15) is 23.4 Å². The summed E-state index contributed by atoms with van der Waals surface area (Å²) in [6.45, 7) is 7.22. The van der Waals surface area contributed by atoms with Crippen molar-refractivity contribution in [3.63, 3.8) is 0 Å². The molecule has 1 unspecified atom stereocenters. The second kappa shape index (κ2) is 6.22. The molecule has 1 aliphatic rings. The van der Waals surface area contributed by atoms with Crippen molar-refractivity contribution >= 4 is 9.84 Å². The highest BCUT2D eigenvalue weighted by Gasteiger charge is 2.27. The van der Waals surface area contributed by atoms with Gasteiger partial charge in [0.2, 0.25) is 9.84 Å². The third kappa shape index (κ3) is 3.62. The maximum absolute atomic E-state index is 13.1. The lowest BCUT2D eigenvalue weighted by Gasteiger charge is -2.20. The fourth-order valence-electron chi connectivity index (χ4n) is 2.40. The molecule has 0 aromatic heterocycles. The number of epoxide rings is 1. The van der Waals surface area contributed by atoms with E-state index >= 15 is 0 Å². The van der Waals surface area contributed by atoms with Gasteiger partial charge in [-0.1, -0.05) is 45.0 Å². The highest BCUT2D eigenvalue weighted by atomic mass is 32.2. The van der Waals surface area contributed by atoms with Gasteiger partial charge in [0.25, 0.3) is 0 Å². The fourth-order valence-corrected chi connectivity index (χ4v) is 3.84. The molecule has 24 heavy (non-hydrogen) atoms. The van der Waals surface area contributed by atoms with Crippen LogP contribution < -0.4 is 4.74 Å². The first-order valence-corrected chi connectivity index (χ1v) is 9.46. The van der Waals surface area contributed by atoms with Crippen LogP contribution in [0, 0.1) is 0 Å². The number of hydrogen-bond acceptors (Lipinski definition) is 4. The minimum absolute atomic E-state index is 0.0741. The zero-order valence-corrected chi connectivity index (χ0v) is 15.0. The summed E-state index contributed by atoms with van der Waals surface area (Å²) in [7, 11) is -3.65. The summed E-state index contributed by atoms with van der Waals surface area (Å²) >= 11 is 0. The van der Waals surface area contributed by atoms with Crippen molar-refractivity contribution in [1.82, 2.24) is 0 Å². The van der Waals surface area contributed by atoms with Crippen LogP contribution in [0.5, 0.6) is 5.75 Å². The summed E-state index contributed by atoms with van der Waals surface area (Å²) < 4.78 is 36.9. The molecule has 2 aromatic carbocycles. The second-order valence-corrected chi connectivity index (χ2v) is 8.91. The number of ether oxygens (including phenoxy) is 2. The fraction of sp³-hybridized carbons (Fsp3) is 0.368. The molecule has 3 rings (SSSR count). The normalized spacial score (nSPS) is 17.5. The van der Waals surface area contributed by atoms with Crippen LogP contribution in [-0.2, 0) is 20.0 Å². The molecule has 0 saturated carbocycles. The number of rotatable bonds is 5. The van der Waals surface area contributed by atoms with Crippen molar-refractivity contribution in [3.05, 3.63) is 54.1 Å². The van der Waals surface area contributed by atoms with Gasteiger partial charge in [-0.3, -0.25) is 0 Å². The van der Waals surface area contributed by atoms with Crippen LogP contribution in [0.15, 0.2) is 58.3 Å². The SMILES string of the molecule is CC(C)(C)c1cccc(S(=O)(=O)c2ccccc2OCC2CO2)c1. The third-order valence-electron chi connectivity index (χ3n) is 3.98. The smallest absolute Gasteiger partial charge is 0.210 e. The molecule has 1 aliphatic heterocycles. The number of hydrogen-bond donors (Lipinski definition) is 0. The molecule has 0 spiro atoms. The van der Waals surface area contributed by atoms with Crippen LogP contribution in [0.25, 0.3) is 0 Å². The first-order valence-electron chi connectivity index (χ1n) is 7.97. The van der Waals surface area contributed by atoms with Crippen molar-refractivity contribution in [2.75, 3.05) is 13.2 Å². The molecule has 4 nitrogen and oxygen atoms in total. The largest absolute Gasteiger partial charge is 0.489 e. The molecular weight excluding hydrogens is 324 g/mol. The summed E-state index contributed by atoms with van der Waals surface area (Å²) in [5.74, 6) is 0.370. The van der Waals surface area contributed by atoms with Crippen LogP contribution in [0.4, 0.5) is 0 Å². The van der Waals surface area contributed by atoms with E-state index < -0.39 is 9.84 Å². The minimum atomic E-state index is -3.65. The van der Waals surface area contributed by atoms with Crippen molar-refractivity contribution in [2.45, 2.75) is 42.1 Å². The van der Waals surface area contributed by atoms with Crippen molar-refractivity contribution < 1.29 is 17.9 Å². The molecule has 128 valence electrons. The zero-order valence-electron chi connectivity index (χ0n) is 14.2. The number of benzene rings is 2. The van der Waals surface area contributed by atoms with Crippen LogP contribution in [0.2, 0.25) is 0 Å². The predicted molar refractivity (Wildman–Crippen MR) is 92.3 cm³/mol. The maximum Gasteiger partial charge on any atom is 0.210 e. The monoisotopic (exact) mass is 346 g/mol. The standard InChI is InChI=1S/C19H22O4S/c1-19(2,3)14-7-6-8-16(11-14)24(20,21)18-10-5-4-9-17(18)23-13-15-12-22-15/h4-11,15H,12-13H2,1-3H3. The molecule has 0 aliphatic carbocycles. The molecule has 0 bridgehead atoms. The summed E-state index contributed by atoms with van der Waals surface area (Å²) in [6.07, 6.45) is 0.0741. The molecule has 5 heteroatoms. The van der Waals surface area contributed by atoms with Crippen molar-refractivity contribution in [2.24, 2.45) is 0 Å². The van der Waals surface area contributed by atoms with E-state index in [1.165, 1.54) is 0 Å². The maximum atomic E-state index is 13.1. The molecule has 1 saturated heterocycles. The minimum Gasteiger partial charge on any atom is -0.489 e. The highest BCUT2D eigenvalue weighted by Crippen LogP contribution is 2.32. The third-order valence-corrected chi connectivity index (χ3v) is 5.77. The van der Waals surface area contributed by atoms with Crippen LogP contribution in [-0.4, -0.2) is 27.7 Å². The summed E-state index contributed by atoms with van der Waals surface area (Å²) in [5, 5.41) is 0. The Bertz CT molecular complexity index is 830. The van der Waals surface area contributed by atoms with Crippen LogP contribution in [0.1, 0.15) is 26.3 Å². The van der Waals surface area contributed by atoms with E-state index in [1.807, 2.05) is 6.07 Å². The Morgan fingerprint density at radius 3 is 2.50 bits per heavy atom. The molecule has 0 amide bonds. The van der Waals surface area contributed by atoms with Gasteiger partial charge < -0.3 is 9.47 Å². The van der Waals surface area contributed by atoms with E-state index in [4.69, 9.17) is 9.47 Å². The topological polar surface area (TPSA) is 55.9 Å². The average molecular weight is 346 g/mol. The molecule has 1 fully saturated rings.